The lowest BCUT2D eigenvalue weighted by molar-refractivity contribution is 0.270. The van der Waals surface area contributed by atoms with Crippen LogP contribution in [-0.2, 0) is 6.61 Å². The predicted octanol–water partition coefficient (Wildman–Crippen LogP) is 3.99. The van der Waals surface area contributed by atoms with Gasteiger partial charge < -0.3 is 9.84 Å². The molecule has 0 amide bonds. The van der Waals surface area contributed by atoms with Crippen molar-refractivity contribution in [2.75, 3.05) is 0 Å². The van der Waals surface area contributed by atoms with Crippen LogP contribution in [0.3, 0.4) is 0 Å². The number of rotatable bonds is 3. The molecule has 0 fully saturated rings. The molecule has 98 valence electrons. The molecule has 19 heavy (non-hydrogen) atoms. The van der Waals surface area contributed by atoms with Crippen molar-refractivity contribution in [3.05, 3.63) is 45.5 Å². The third-order valence-electron chi connectivity index (χ3n) is 2.60. The lowest BCUT2D eigenvalue weighted by atomic mass is 10.3. The SMILES string of the molecule is OCc1c(Oc2cccc(Cl)c2Cl)nc2sccn12. The highest BCUT2D eigenvalue weighted by Gasteiger charge is 2.16. The maximum absolute atomic E-state index is 9.43. The van der Waals surface area contributed by atoms with Crippen molar-refractivity contribution >= 4 is 39.5 Å². The molecule has 0 saturated carbocycles. The Hall–Kier alpha value is -1.27. The van der Waals surface area contributed by atoms with Gasteiger partial charge in [0.15, 0.2) is 4.96 Å². The lowest BCUT2D eigenvalue weighted by Crippen LogP contribution is -1.94. The second-order valence-electron chi connectivity index (χ2n) is 3.73. The van der Waals surface area contributed by atoms with Crippen molar-refractivity contribution in [1.29, 1.82) is 0 Å². The molecule has 0 atom stereocenters. The molecular formula is C12H8Cl2N2O2S. The maximum Gasteiger partial charge on any atom is 0.244 e. The molecule has 3 rings (SSSR count). The summed E-state index contributed by atoms with van der Waals surface area (Å²) >= 11 is 13.4. The second kappa shape index (κ2) is 5.02. The minimum Gasteiger partial charge on any atom is -0.436 e. The smallest absolute Gasteiger partial charge is 0.244 e. The molecule has 7 heteroatoms. The molecule has 0 aliphatic heterocycles. The van der Waals surface area contributed by atoms with Gasteiger partial charge in [0.1, 0.15) is 16.5 Å². The second-order valence-corrected chi connectivity index (χ2v) is 5.39. The van der Waals surface area contributed by atoms with Crippen molar-refractivity contribution in [2.24, 2.45) is 0 Å². The van der Waals surface area contributed by atoms with Crippen LogP contribution in [0.5, 0.6) is 11.6 Å². The first-order valence-corrected chi connectivity index (χ1v) is 7.01. The number of thiazole rings is 1. The number of aliphatic hydroxyl groups is 1. The maximum atomic E-state index is 9.43. The van der Waals surface area contributed by atoms with E-state index in [9.17, 15) is 5.11 Å². The molecular weight excluding hydrogens is 307 g/mol. The number of aromatic nitrogens is 2. The quantitative estimate of drug-likeness (QED) is 0.795. The van der Waals surface area contributed by atoms with Crippen molar-refractivity contribution < 1.29 is 9.84 Å². The van der Waals surface area contributed by atoms with Crippen LogP contribution in [0.4, 0.5) is 0 Å². The number of benzene rings is 1. The van der Waals surface area contributed by atoms with Gasteiger partial charge in [-0.3, -0.25) is 4.40 Å². The third-order valence-corrected chi connectivity index (χ3v) is 4.16. The predicted molar refractivity (Wildman–Crippen MR) is 75.5 cm³/mol. The summed E-state index contributed by atoms with van der Waals surface area (Å²) in [4.78, 5) is 5.05. The fourth-order valence-corrected chi connectivity index (χ4v) is 2.76. The Balaban J connectivity index is 2.05. The fraction of sp³-hybridized carbons (Fsp3) is 0.0833. The number of halogens is 2. The van der Waals surface area contributed by atoms with E-state index < -0.39 is 0 Å². The number of fused-ring (bicyclic) bond motifs is 1. The van der Waals surface area contributed by atoms with E-state index in [0.29, 0.717) is 27.4 Å². The van der Waals surface area contributed by atoms with Crippen molar-refractivity contribution in [2.45, 2.75) is 6.61 Å². The largest absolute Gasteiger partial charge is 0.436 e. The van der Waals surface area contributed by atoms with Gasteiger partial charge in [-0.25, -0.2) is 0 Å². The highest BCUT2D eigenvalue weighted by atomic mass is 35.5. The van der Waals surface area contributed by atoms with Crippen molar-refractivity contribution in [3.63, 3.8) is 0 Å². The van der Waals surface area contributed by atoms with Gasteiger partial charge in [-0.1, -0.05) is 29.3 Å². The average Bonchev–Trinajstić information content (AvgIpc) is 2.95. The summed E-state index contributed by atoms with van der Waals surface area (Å²) in [6, 6.07) is 5.11. The van der Waals surface area contributed by atoms with Crippen LogP contribution in [0.1, 0.15) is 5.69 Å². The summed E-state index contributed by atoms with van der Waals surface area (Å²) in [6.07, 6.45) is 1.82. The van der Waals surface area contributed by atoms with E-state index in [0.717, 1.165) is 4.96 Å². The average molecular weight is 315 g/mol. The molecule has 2 aromatic heterocycles. The van der Waals surface area contributed by atoms with E-state index in [1.165, 1.54) is 11.3 Å². The molecule has 0 saturated heterocycles. The number of ether oxygens (including phenoxy) is 1. The third kappa shape index (κ3) is 2.19. The Labute approximate surface area is 122 Å². The Bertz CT molecular complexity index is 738. The zero-order valence-electron chi connectivity index (χ0n) is 9.51. The molecule has 1 N–H and O–H groups in total. The van der Waals surface area contributed by atoms with Crippen LogP contribution in [-0.4, -0.2) is 14.5 Å². The molecule has 0 aliphatic rings. The molecule has 2 heterocycles. The number of hydrogen-bond donors (Lipinski definition) is 1. The van der Waals surface area contributed by atoms with Crippen LogP contribution in [0.25, 0.3) is 4.96 Å². The highest BCUT2D eigenvalue weighted by molar-refractivity contribution is 7.15. The topological polar surface area (TPSA) is 46.8 Å². The van der Waals surface area contributed by atoms with Gasteiger partial charge in [-0.2, -0.15) is 4.98 Å². The van der Waals surface area contributed by atoms with Crippen LogP contribution in [0.2, 0.25) is 10.0 Å². The molecule has 1 aromatic carbocycles. The molecule has 0 aliphatic carbocycles. The number of hydrogen-bond acceptors (Lipinski definition) is 4. The van der Waals surface area contributed by atoms with E-state index in [-0.39, 0.29) is 6.61 Å². The Morgan fingerprint density at radius 1 is 1.37 bits per heavy atom. The number of nitrogens with zero attached hydrogens (tertiary/aromatic N) is 2. The molecule has 0 bridgehead atoms. The minimum absolute atomic E-state index is 0.175. The summed E-state index contributed by atoms with van der Waals surface area (Å²) in [5.41, 5.74) is 0.576. The first-order valence-electron chi connectivity index (χ1n) is 5.38. The number of aliphatic hydroxyl groups excluding tert-OH is 1. The van der Waals surface area contributed by atoms with Gasteiger partial charge in [-0.15, -0.1) is 11.3 Å². The van der Waals surface area contributed by atoms with E-state index in [4.69, 9.17) is 27.9 Å². The van der Waals surface area contributed by atoms with Crippen LogP contribution >= 0.6 is 34.5 Å². The number of imidazole rings is 1. The van der Waals surface area contributed by atoms with Gasteiger partial charge in [0.05, 0.1) is 11.6 Å². The zero-order chi connectivity index (χ0) is 13.4. The lowest BCUT2D eigenvalue weighted by Gasteiger charge is -2.07. The highest BCUT2D eigenvalue weighted by Crippen LogP contribution is 2.36. The van der Waals surface area contributed by atoms with Crippen LogP contribution in [0.15, 0.2) is 29.8 Å². The van der Waals surface area contributed by atoms with E-state index in [1.54, 1.807) is 22.6 Å². The van der Waals surface area contributed by atoms with Gasteiger partial charge >= 0.3 is 0 Å². The Morgan fingerprint density at radius 2 is 2.21 bits per heavy atom. The summed E-state index contributed by atoms with van der Waals surface area (Å²) in [7, 11) is 0. The molecule has 4 nitrogen and oxygen atoms in total. The zero-order valence-corrected chi connectivity index (χ0v) is 11.8. The molecule has 0 radical (unpaired) electrons. The summed E-state index contributed by atoms with van der Waals surface area (Å²) in [5, 5.41) is 12.0. The monoisotopic (exact) mass is 314 g/mol. The summed E-state index contributed by atoms with van der Waals surface area (Å²) < 4.78 is 7.43. The van der Waals surface area contributed by atoms with Crippen LogP contribution in [0, 0.1) is 0 Å². The standard InChI is InChI=1S/C12H8Cl2N2O2S/c13-7-2-1-3-9(10(7)14)18-11-8(6-17)16-4-5-19-12(16)15-11/h1-5,17H,6H2. The van der Waals surface area contributed by atoms with Gasteiger partial charge in [0.2, 0.25) is 5.88 Å². The van der Waals surface area contributed by atoms with Crippen molar-refractivity contribution in [1.82, 2.24) is 9.38 Å². The summed E-state index contributed by atoms with van der Waals surface area (Å²) in [5.74, 6) is 0.744. The normalized spacial score (nSPS) is 11.1. The molecule has 0 spiro atoms. The van der Waals surface area contributed by atoms with Gasteiger partial charge in [0.25, 0.3) is 0 Å². The Kier molecular flexibility index (Phi) is 3.36. The van der Waals surface area contributed by atoms with Gasteiger partial charge in [0, 0.05) is 11.6 Å². The molecule has 3 aromatic rings. The first-order chi connectivity index (χ1) is 9.20. The minimum atomic E-state index is -0.175. The summed E-state index contributed by atoms with van der Waals surface area (Å²) in [6.45, 7) is -0.175. The Morgan fingerprint density at radius 3 is 3.00 bits per heavy atom. The van der Waals surface area contributed by atoms with Crippen molar-refractivity contribution in [3.8, 4) is 11.6 Å². The van der Waals surface area contributed by atoms with E-state index >= 15 is 0 Å². The van der Waals surface area contributed by atoms with Gasteiger partial charge in [-0.05, 0) is 12.1 Å². The van der Waals surface area contributed by atoms with E-state index in [1.807, 2.05) is 11.6 Å². The fourth-order valence-electron chi connectivity index (χ4n) is 1.71. The molecule has 0 unspecified atom stereocenters. The first kappa shape index (κ1) is 12.7. The van der Waals surface area contributed by atoms with Crippen LogP contribution < -0.4 is 4.74 Å². The van der Waals surface area contributed by atoms with E-state index in [2.05, 4.69) is 4.98 Å².